The number of allylic oxidation sites excluding steroid dienone is 1. The van der Waals surface area contributed by atoms with E-state index in [0.29, 0.717) is 17.2 Å². The average molecular weight is 362 g/mol. The number of hydrogen-bond donors (Lipinski definition) is 0. The number of methoxy groups -OCH3 is 1. The van der Waals surface area contributed by atoms with E-state index in [-0.39, 0.29) is 0 Å². The molecule has 0 N–H and O–H groups in total. The Hall–Kier alpha value is -3.10. The summed E-state index contributed by atoms with van der Waals surface area (Å²) in [6.45, 7) is 2.58. The van der Waals surface area contributed by atoms with Gasteiger partial charge in [0, 0.05) is 10.9 Å². The third-order valence-corrected chi connectivity index (χ3v) is 4.62. The molecule has 0 aliphatic carbocycles. The zero-order chi connectivity index (χ0) is 18.4. The summed E-state index contributed by atoms with van der Waals surface area (Å²) in [6, 6.07) is 17.6. The summed E-state index contributed by atoms with van der Waals surface area (Å²) >= 11 is 1.46. The molecule has 0 spiro atoms. The molecule has 0 unspecified atom stereocenters. The van der Waals surface area contributed by atoms with Gasteiger partial charge in [0.05, 0.1) is 25.0 Å². The van der Waals surface area contributed by atoms with Crippen molar-refractivity contribution in [3.8, 4) is 28.8 Å². The van der Waals surface area contributed by atoms with Crippen LogP contribution in [0.25, 0.3) is 22.9 Å². The minimum absolute atomic E-state index is 0.541. The van der Waals surface area contributed by atoms with Crippen LogP contribution in [0.2, 0.25) is 0 Å². The van der Waals surface area contributed by atoms with Gasteiger partial charge in [-0.3, -0.25) is 0 Å². The number of rotatable bonds is 6. The Bertz CT molecular complexity index is 935. The van der Waals surface area contributed by atoms with Crippen LogP contribution in [0.1, 0.15) is 17.5 Å². The zero-order valence-electron chi connectivity index (χ0n) is 14.6. The van der Waals surface area contributed by atoms with E-state index in [2.05, 4.69) is 11.1 Å². The van der Waals surface area contributed by atoms with Crippen LogP contribution in [0.3, 0.4) is 0 Å². The first-order valence-corrected chi connectivity index (χ1v) is 9.06. The summed E-state index contributed by atoms with van der Waals surface area (Å²) in [6.07, 6.45) is 1.84. The van der Waals surface area contributed by atoms with Gasteiger partial charge in [0.15, 0.2) is 0 Å². The Kier molecular flexibility index (Phi) is 5.67. The second-order valence-corrected chi connectivity index (χ2v) is 6.30. The van der Waals surface area contributed by atoms with Crippen molar-refractivity contribution in [3.63, 3.8) is 0 Å². The van der Waals surface area contributed by atoms with Gasteiger partial charge < -0.3 is 9.47 Å². The van der Waals surface area contributed by atoms with Gasteiger partial charge in [0.1, 0.15) is 22.6 Å². The van der Waals surface area contributed by atoms with Crippen LogP contribution < -0.4 is 9.47 Å². The summed E-state index contributed by atoms with van der Waals surface area (Å²) < 4.78 is 10.6. The van der Waals surface area contributed by atoms with E-state index in [0.717, 1.165) is 28.3 Å². The zero-order valence-corrected chi connectivity index (χ0v) is 15.4. The summed E-state index contributed by atoms with van der Waals surface area (Å²) in [4.78, 5) is 4.61. The molecular formula is C21H18N2O2S. The number of aromatic nitrogens is 1. The van der Waals surface area contributed by atoms with Gasteiger partial charge in [0.25, 0.3) is 0 Å². The van der Waals surface area contributed by atoms with E-state index in [4.69, 9.17) is 9.47 Å². The lowest BCUT2D eigenvalue weighted by Crippen LogP contribution is -1.90. The molecule has 26 heavy (non-hydrogen) atoms. The van der Waals surface area contributed by atoms with Crippen molar-refractivity contribution in [1.82, 2.24) is 4.98 Å². The number of ether oxygens (including phenoxy) is 2. The first-order chi connectivity index (χ1) is 12.7. The molecule has 0 saturated carbocycles. The maximum absolute atomic E-state index is 9.53. The number of benzene rings is 2. The van der Waals surface area contributed by atoms with Gasteiger partial charge in [-0.15, -0.1) is 11.3 Å². The standard InChI is InChI=1S/C21H18N2O2S/c1-3-25-19-8-4-15(5-9-19)12-17(13-22)21-23-20(14-26-21)16-6-10-18(24-2)11-7-16/h4-12,14H,3H2,1-2H3/b17-12+. The molecule has 3 aromatic rings. The van der Waals surface area contributed by atoms with E-state index in [1.54, 1.807) is 7.11 Å². The smallest absolute Gasteiger partial charge is 0.134 e. The van der Waals surface area contributed by atoms with Crippen molar-refractivity contribution in [1.29, 1.82) is 5.26 Å². The quantitative estimate of drug-likeness (QED) is 0.560. The van der Waals surface area contributed by atoms with E-state index in [1.165, 1.54) is 11.3 Å². The van der Waals surface area contributed by atoms with Crippen molar-refractivity contribution in [2.24, 2.45) is 0 Å². The van der Waals surface area contributed by atoms with Crippen LogP contribution in [0.15, 0.2) is 53.9 Å². The second kappa shape index (κ2) is 8.32. The molecule has 3 rings (SSSR count). The Labute approximate surface area is 157 Å². The SMILES string of the molecule is CCOc1ccc(/C=C(\C#N)c2nc(-c3ccc(OC)cc3)cs2)cc1. The van der Waals surface area contributed by atoms with Crippen molar-refractivity contribution in [2.45, 2.75) is 6.92 Å². The highest BCUT2D eigenvalue weighted by Crippen LogP contribution is 2.28. The van der Waals surface area contributed by atoms with E-state index in [9.17, 15) is 5.26 Å². The van der Waals surface area contributed by atoms with Crippen molar-refractivity contribution in [2.75, 3.05) is 13.7 Å². The molecule has 0 atom stereocenters. The van der Waals surface area contributed by atoms with Gasteiger partial charge in [-0.1, -0.05) is 12.1 Å². The van der Waals surface area contributed by atoms with Crippen molar-refractivity contribution >= 4 is 23.0 Å². The lowest BCUT2D eigenvalue weighted by atomic mass is 10.1. The molecule has 4 nitrogen and oxygen atoms in total. The van der Waals surface area contributed by atoms with Gasteiger partial charge in [-0.05, 0) is 55.0 Å². The average Bonchev–Trinajstić information content (AvgIpc) is 3.17. The molecule has 130 valence electrons. The lowest BCUT2D eigenvalue weighted by Gasteiger charge is -2.02. The van der Waals surface area contributed by atoms with Crippen LogP contribution in [0, 0.1) is 11.3 Å². The highest BCUT2D eigenvalue weighted by Gasteiger charge is 2.09. The summed E-state index contributed by atoms with van der Waals surface area (Å²) in [5, 5.41) is 12.2. The number of thiazole rings is 1. The van der Waals surface area contributed by atoms with Crippen molar-refractivity contribution in [3.05, 3.63) is 64.5 Å². The Morgan fingerprint density at radius 3 is 2.42 bits per heavy atom. The first kappa shape index (κ1) is 17.7. The summed E-state index contributed by atoms with van der Waals surface area (Å²) in [7, 11) is 1.64. The number of hydrogen-bond acceptors (Lipinski definition) is 5. The fourth-order valence-corrected chi connectivity index (χ4v) is 3.22. The largest absolute Gasteiger partial charge is 0.497 e. The van der Waals surface area contributed by atoms with E-state index < -0.39 is 0 Å². The minimum Gasteiger partial charge on any atom is -0.497 e. The summed E-state index contributed by atoms with van der Waals surface area (Å²) in [5.74, 6) is 1.62. The van der Waals surface area contributed by atoms with Crippen LogP contribution in [-0.4, -0.2) is 18.7 Å². The second-order valence-electron chi connectivity index (χ2n) is 5.44. The molecular weight excluding hydrogens is 344 g/mol. The first-order valence-electron chi connectivity index (χ1n) is 8.18. The normalized spacial score (nSPS) is 11.0. The van der Waals surface area contributed by atoms with Gasteiger partial charge in [0.2, 0.25) is 0 Å². The minimum atomic E-state index is 0.541. The van der Waals surface area contributed by atoms with Gasteiger partial charge in [-0.25, -0.2) is 4.98 Å². The van der Waals surface area contributed by atoms with Crippen LogP contribution in [-0.2, 0) is 0 Å². The molecule has 5 heteroatoms. The highest BCUT2D eigenvalue weighted by atomic mass is 32.1. The van der Waals surface area contributed by atoms with Gasteiger partial charge >= 0.3 is 0 Å². The molecule has 0 radical (unpaired) electrons. The fraction of sp³-hybridized carbons (Fsp3) is 0.143. The molecule has 1 aromatic heterocycles. The molecule has 0 aliphatic heterocycles. The summed E-state index contributed by atoms with van der Waals surface area (Å²) in [5.41, 5.74) is 3.32. The molecule has 2 aromatic carbocycles. The molecule has 1 heterocycles. The molecule has 0 aliphatic rings. The van der Waals surface area contributed by atoms with Crippen LogP contribution in [0.5, 0.6) is 11.5 Å². The van der Waals surface area contributed by atoms with Crippen molar-refractivity contribution < 1.29 is 9.47 Å². The highest BCUT2D eigenvalue weighted by molar-refractivity contribution is 7.11. The number of nitrogens with zero attached hydrogens (tertiary/aromatic N) is 2. The maximum atomic E-state index is 9.53. The predicted octanol–water partition coefficient (Wildman–Crippen LogP) is 5.28. The maximum Gasteiger partial charge on any atom is 0.134 e. The molecule has 0 fully saturated rings. The molecule has 0 amide bonds. The van der Waals surface area contributed by atoms with Crippen LogP contribution >= 0.6 is 11.3 Å². The third kappa shape index (κ3) is 4.11. The van der Waals surface area contributed by atoms with Crippen LogP contribution in [0.4, 0.5) is 0 Å². The van der Waals surface area contributed by atoms with E-state index in [1.807, 2.05) is 66.9 Å². The molecule has 0 saturated heterocycles. The Balaban J connectivity index is 1.84. The predicted molar refractivity (Wildman–Crippen MR) is 105 cm³/mol. The van der Waals surface area contributed by atoms with E-state index >= 15 is 0 Å². The monoisotopic (exact) mass is 362 g/mol. The lowest BCUT2D eigenvalue weighted by molar-refractivity contribution is 0.340. The molecule has 0 bridgehead atoms. The number of nitriles is 1. The Morgan fingerprint density at radius 1 is 1.12 bits per heavy atom. The fourth-order valence-electron chi connectivity index (χ4n) is 2.43. The topological polar surface area (TPSA) is 55.1 Å². The third-order valence-electron chi connectivity index (χ3n) is 3.74. The van der Waals surface area contributed by atoms with Gasteiger partial charge in [-0.2, -0.15) is 5.26 Å². The Morgan fingerprint density at radius 2 is 1.81 bits per heavy atom.